The number of carbonyl (C=O) groups excluding carboxylic acids is 1. The Balaban J connectivity index is 3.24. The van der Waals surface area contributed by atoms with Gasteiger partial charge in [-0.15, -0.1) is 0 Å². The summed E-state index contributed by atoms with van der Waals surface area (Å²) in [5, 5.41) is 0.0888. The molecule has 0 fully saturated rings. The summed E-state index contributed by atoms with van der Waals surface area (Å²) in [6.45, 7) is 8.86. The van der Waals surface area contributed by atoms with Gasteiger partial charge in [-0.25, -0.2) is 4.85 Å². The second-order valence-corrected chi connectivity index (χ2v) is 4.21. The van der Waals surface area contributed by atoms with Gasteiger partial charge in [-0.05, 0) is 18.6 Å². The van der Waals surface area contributed by atoms with Gasteiger partial charge in [-0.2, -0.15) is 0 Å². The van der Waals surface area contributed by atoms with Crippen LogP contribution in [-0.4, -0.2) is 12.6 Å². The smallest absolute Gasteiger partial charge is 0.337 e. The van der Waals surface area contributed by atoms with E-state index in [0.29, 0.717) is 5.56 Å². The van der Waals surface area contributed by atoms with Gasteiger partial charge in [-0.3, -0.25) is 4.79 Å². The van der Waals surface area contributed by atoms with E-state index in [9.17, 15) is 4.79 Å². The molecule has 0 radical (unpaired) electrons. The summed E-state index contributed by atoms with van der Waals surface area (Å²) in [6.07, 6.45) is 0. The Hall–Kier alpha value is -1.31. The number of hydrogen-bond donors (Lipinski definition) is 0. The first-order valence-corrected chi connectivity index (χ1v) is 5.98. The van der Waals surface area contributed by atoms with Gasteiger partial charge >= 0.3 is 5.97 Å². The third-order valence-electron chi connectivity index (χ3n) is 1.90. The van der Waals surface area contributed by atoms with E-state index < -0.39 is 5.97 Å². The zero-order valence-corrected chi connectivity index (χ0v) is 11.4. The topological polar surface area (TPSA) is 30.7 Å². The van der Waals surface area contributed by atoms with Crippen molar-refractivity contribution in [1.82, 2.24) is 0 Å². The highest BCUT2D eigenvalue weighted by atomic mass is 79.9. The zero-order valence-electron chi connectivity index (χ0n) is 9.04. The fraction of sp³-hybridized carbons (Fsp3) is 0.167. The van der Waals surface area contributed by atoms with Crippen LogP contribution < -0.4 is 0 Å². The molecule has 0 aliphatic rings. The SMILES string of the molecule is [C-]#[N+]/C(C(=O)OCC)=C(\Cl)c1ccccc1Br. The van der Waals surface area contributed by atoms with Gasteiger partial charge in [0.05, 0.1) is 18.2 Å². The number of halogens is 2. The molecule has 0 spiro atoms. The Morgan fingerprint density at radius 1 is 1.53 bits per heavy atom. The van der Waals surface area contributed by atoms with E-state index in [1.165, 1.54) is 0 Å². The number of esters is 1. The summed E-state index contributed by atoms with van der Waals surface area (Å²) < 4.78 is 5.49. The standard InChI is InChI=1S/C12H9BrClNO2/c1-3-17-12(16)11(15-2)10(14)8-6-4-5-7-9(8)13/h4-7H,3H2,1H3/b11-10-. The molecule has 5 heteroatoms. The highest BCUT2D eigenvalue weighted by Gasteiger charge is 2.18. The van der Waals surface area contributed by atoms with Crippen molar-refractivity contribution in [2.45, 2.75) is 6.92 Å². The third-order valence-corrected chi connectivity index (χ3v) is 2.97. The highest BCUT2D eigenvalue weighted by molar-refractivity contribution is 9.10. The predicted octanol–water partition coefficient (Wildman–Crippen LogP) is 3.84. The summed E-state index contributed by atoms with van der Waals surface area (Å²) in [5.74, 6) is -0.705. The van der Waals surface area contributed by atoms with Crippen molar-refractivity contribution in [3.05, 3.63) is 51.4 Å². The number of carbonyl (C=O) groups is 1. The molecule has 88 valence electrons. The van der Waals surface area contributed by atoms with Crippen LogP contribution in [0.25, 0.3) is 9.88 Å². The lowest BCUT2D eigenvalue weighted by Gasteiger charge is -2.05. The quantitative estimate of drug-likeness (QED) is 0.482. The van der Waals surface area contributed by atoms with Gasteiger partial charge in [0.15, 0.2) is 0 Å². The monoisotopic (exact) mass is 313 g/mol. The molecule has 0 unspecified atom stereocenters. The van der Waals surface area contributed by atoms with Crippen LogP contribution in [0.3, 0.4) is 0 Å². The largest absolute Gasteiger partial charge is 0.471 e. The molecule has 0 atom stereocenters. The fourth-order valence-electron chi connectivity index (χ4n) is 1.15. The lowest BCUT2D eigenvalue weighted by Crippen LogP contribution is -2.06. The van der Waals surface area contributed by atoms with Crippen molar-refractivity contribution in [3.63, 3.8) is 0 Å². The number of hydrogen-bond acceptors (Lipinski definition) is 2. The minimum absolute atomic E-state index is 0.0888. The van der Waals surface area contributed by atoms with Crippen molar-refractivity contribution in [3.8, 4) is 0 Å². The van der Waals surface area contributed by atoms with Crippen molar-refractivity contribution in [1.29, 1.82) is 0 Å². The second-order valence-electron chi connectivity index (χ2n) is 2.97. The van der Waals surface area contributed by atoms with Crippen LogP contribution in [0, 0.1) is 6.57 Å². The third kappa shape index (κ3) is 3.32. The molecule has 0 aliphatic carbocycles. The maximum Gasteiger partial charge on any atom is 0.337 e. The molecule has 1 aromatic rings. The summed E-state index contributed by atoms with van der Waals surface area (Å²) in [6, 6.07) is 7.09. The Morgan fingerprint density at radius 3 is 2.71 bits per heavy atom. The molecule has 0 bridgehead atoms. The van der Waals surface area contributed by atoms with E-state index in [4.69, 9.17) is 22.9 Å². The van der Waals surface area contributed by atoms with Gasteiger partial charge in [0.1, 0.15) is 0 Å². The average molecular weight is 315 g/mol. The van der Waals surface area contributed by atoms with Crippen molar-refractivity contribution >= 4 is 38.5 Å². The molecule has 0 heterocycles. The fourth-order valence-corrected chi connectivity index (χ4v) is 2.03. The van der Waals surface area contributed by atoms with E-state index in [0.717, 1.165) is 4.47 Å². The van der Waals surface area contributed by atoms with Gasteiger partial charge in [-0.1, -0.05) is 45.7 Å². The summed E-state index contributed by atoms with van der Waals surface area (Å²) >= 11 is 9.35. The van der Waals surface area contributed by atoms with Crippen LogP contribution in [0.1, 0.15) is 12.5 Å². The molecule has 0 N–H and O–H groups in total. The number of ether oxygens (including phenoxy) is 1. The first-order valence-electron chi connectivity index (χ1n) is 4.81. The molecule has 1 rings (SSSR count). The minimum Gasteiger partial charge on any atom is -0.471 e. The van der Waals surface area contributed by atoms with E-state index in [2.05, 4.69) is 20.8 Å². The van der Waals surface area contributed by atoms with Crippen LogP contribution in [0.4, 0.5) is 0 Å². The Labute approximate surface area is 113 Å². The van der Waals surface area contributed by atoms with Gasteiger partial charge < -0.3 is 4.74 Å². The van der Waals surface area contributed by atoms with Crippen LogP contribution in [0.5, 0.6) is 0 Å². The molecule has 17 heavy (non-hydrogen) atoms. The summed E-state index contributed by atoms with van der Waals surface area (Å²) in [4.78, 5) is 14.6. The maximum absolute atomic E-state index is 11.5. The molecule has 0 saturated carbocycles. The number of rotatable bonds is 3. The molecule has 0 aromatic heterocycles. The summed E-state index contributed by atoms with van der Waals surface area (Å²) in [5.41, 5.74) is 0.383. The van der Waals surface area contributed by atoms with Crippen LogP contribution in [0.15, 0.2) is 34.4 Å². The Bertz CT molecular complexity index is 505. The molecule has 0 saturated heterocycles. The zero-order chi connectivity index (χ0) is 12.8. The van der Waals surface area contributed by atoms with E-state index in [1.54, 1.807) is 25.1 Å². The first kappa shape index (κ1) is 13.8. The van der Waals surface area contributed by atoms with Crippen LogP contribution >= 0.6 is 27.5 Å². The molecule has 0 amide bonds. The summed E-state index contributed by atoms with van der Waals surface area (Å²) in [7, 11) is 0. The minimum atomic E-state index is -0.705. The van der Waals surface area contributed by atoms with Gasteiger partial charge in [0.25, 0.3) is 5.70 Å². The lowest BCUT2D eigenvalue weighted by atomic mass is 10.2. The van der Waals surface area contributed by atoms with Gasteiger partial charge in [0, 0.05) is 4.47 Å². The number of nitrogens with zero attached hydrogens (tertiary/aromatic N) is 1. The molecular formula is C12H9BrClNO2. The molecule has 0 aliphatic heterocycles. The van der Waals surface area contributed by atoms with E-state index >= 15 is 0 Å². The maximum atomic E-state index is 11.5. The van der Waals surface area contributed by atoms with E-state index in [-0.39, 0.29) is 17.3 Å². The van der Waals surface area contributed by atoms with Crippen molar-refractivity contribution in [2.24, 2.45) is 0 Å². The molecular weight excluding hydrogens is 305 g/mol. The molecule has 1 aromatic carbocycles. The van der Waals surface area contributed by atoms with Crippen LogP contribution in [0.2, 0.25) is 0 Å². The van der Waals surface area contributed by atoms with E-state index in [1.807, 2.05) is 6.07 Å². The average Bonchev–Trinajstić information content (AvgIpc) is 2.30. The highest BCUT2D eigenvalue weighted by Crippen LogP contribution is 2.30. The molecule has 3 nitrogen and oxygen atoms in total. The predicted molar refractivity (Wildman–Crippen MR) is 70.2 cm³/mol. The normalized spacial score (nSPS) is 11.4. The lowest BCUT2D eigenvalue weighted by molar-refractivity contribution is -0.138. The van der Waals surface area contributed by atoms with Gasteiger partial charge in [0.2, 0.25) is 0 Å². The Kier molecular flexibility index (Phi) is 5.20. The van der Waals surface area contributed by atoms with Crippen LogP contribution in [-0.2, 0) is 9.53 Å². The second kappa shape index (κ2) is 6.43. The Morgan fingerprint density at radius 2 is 2.18 bits per heavy atom. The first-order chi connectivity index (χ1) is 8.11. The van der Waals surface area contributed by atoms with Crippen molar-refractivity contribution < 1.29 is 9.53 Å². The number of benzene rings is 1. The van der Waals surface area contributed by atoms with Crippen molar-refractivity contribution in [2.75, 3.05) is 6.61 Å².